The van der Waals surface area contributed by atoms with E-state index >= 15 is 0 Å². The van der Waals surface area contributed by atoms with Gasteiger partial charge in [-0.25, -0.2) is 14.6 Å². The zero-order chi connectivity index (χ0) is 22.5. The number of carboxylic acid groups (broad SMARTS) is 1. The van der Waals surface area contributed by atoms with Crippen molar-refractivity contribution >= 4 is 28.7 Å². The lowest BCUT2D eigenvalue weighted by atomic mass is 10.1. The predicted octanol–water partition coefficient (Wildman–Crippen LogP) is 2.28. The molecule has 0 radical (unpaired) electrons. The van der Waals surface area contributed by atoms with Crippen LogP contribution in [0.15, 0.2) is 48.8 Å². The van der Waals surface area contributed by atoms with Crippen molar-refractivity contribution in [1.29, 1.82) is 0 Å². The molecule has 1 saturated heterocycles. The highest BCUT2D eigenvalue weighted by atomic mass is 16.5. The summed E-state index contributed by atoms with van der Waals surface area (Å²) in [4.78, 5) is 33.8. The summed E-state index contributed by atoms with van der Waals surface area (Å²) >= 11 is 0. The Hall–Kier alpha value is -3.59. The number of nitrogens with one attached hydrogen (secondary N) is 3. The van der Waals surface area contributed by atoms with Gasteiger partial charge in [0.15, 0.2) is 0 Å². The molecule has 2 atom stereocenters. The predicted molar refractivity (Wildman–Crippen MR) is 121 cm³/mol. The Balaban J connectivity index is 1.31. The third-order valence-electron chi connectivity index (χ3n) is 5.53. The largest absolute Gasteiger partial charge is 0.480 e. The third kappa shape index (κ3) is 5.17. The molecule has 1 aliphatic heterocycles. The van der Waals surface area contributed by atoms with Crippen molar-refractivity contribution in [3.8, 4) is 0 Å². The zero-order valence-electron chi connectivity index (χ0n) is 17.9. The number of aliphatic carboxylic acids is 1. The molecular formula is C23H27N5O4. The van der Waals surface area contributed by atoms with Crippen molar-refractivity contribution in [3.63, 3.8) is 0 Å². The number of pyridine rings is 1. The lowest BCUT2D eigenvalue weighted by Crippen LogP contribution is -2.46. The van der Waals surface area contributed by atoms with Crippen LogP contribution in [-0.4, -0.2) is 58.9 Å². The standard InChI is InChI=1S/C23H27N5O4/c1-15-14-28(8-9-32-15)21-7-6-16(11-25-21)12-26-23(31)27-20(22(29)30)10-17-13-24-19-5-3-2-4-18(17)19/h2-7,11,13,15,20,24H,8-10,12,14H2,1H3,(H,29,30)(H2,26,27,31)/t15?,20-/m0/s1. The van der Waals surface area contributed by atoms with Crippen molar-refractivity contribution in [2.75, 3.05) is 24.6 Å². The van der Waals surface area contributed by atoms with Gasteiger partial charge in [0.2, 0.25) is 0 Å². The molecular weight excluding hydrogens is 410 g/mol. The molecule has 168 valence electrons. The van der Waals surface area contributed by atoms with Gasteiger partial charge >= 0.3 is 12.0 Å². The number of hydrogen-bond acceptors (Lipinski definition) is 5. The van der Waals surface area contributed by atoms with Crippen LogP contribution in [-0.2, 0) is 22.5 Å². The molecule has 0 spiro atoms. The van der Waals surface area contributed by atoms with Gasteiger partial charge in [0.1, 0.15) is 11.9 Å². The number of nitrogens with zero attached hydrogens (tertiary/aromatic N) is 2. The number of aromatic amines is 1. The minimum atomic E-state index is -1.09. The fourth-order valence-electron chi connectivity index (χ4n) is 3.85. The summed E-state index contributed by atoms with van der Waals surface area (Å²) < 4.78 is 5.55. The molecule has 1 aromatic carbocycles. The average molecular weight is 438 g/mol. The van der Waals surface area contributed by atoms with E-state index in [1.54, 1.807) is 12.4 Å². The maximum Gasteiger partial charge on any atom is 0.326 e. The summed E-state index contributed by atoms with van der Waals surface area (Å²) in [6.07, 6.45) is 3.85. The maximum absolute atomic E-state index is 12.3. The summed E-state index contributed by atoms with van der Waals surface area (Å²) in [5.41, 5.74) is 2.60. The molecule has 0 saturated carbocycles. The normalized spacial score (nSPS) is 17.2. The molecule has 3 heterocycles. The number of ether oxygens (including phenoxy) is 1. The number of anilines is 1. The Morgan fingerprint density at radius 2 is 2.16 bits per heavy atom. The molecule has 2 aromatic heterocycles. The Bertz CT molecular complexity index is 1080. The van der Waals surface area contributed by atoms with E-state index in [1.807, 2.05) is 43.3 Å². The number of rotatable bonds is 7. The summed E-state index contributed by atoms with van der Waals surface area (Å²) in [6, 6.07) is 9.90. The first kappa shape index (κ1) is 21.6. The second-order valence-corrected chi connectivity index (χ2v) is 7.93. The number of aromatic nitrogens is 2. The van der Waals surface area contributed by atoms with Crippen molar-refractivity contribution < 1.29 is 19.4 Å². The lowest BCUT2D eigenvalue weighted by molar-refractivity contribution is -0.139. The molecule has 0 aliphatic carbocycles. The Morgan fingerprint density at radius 1 is 1.31 bits per heavy atom. The number of carbonyl (C=O) groups is 2. The monoisotopic (exact) mass is 437 g/mol. The first-order valence-corrected chi connectivity index (χ1v) is 10.6. The molecule has 1 aliphatic rings. The second-order valence-electron chi connectivity index (χ2n) is 7.93. The van der Waals surface area contributed by atoms with Crippen LogP contribution >= 0.6 is 0 Å². The van der Waals surface area contributed by atoms with Gasteiger partial charge in [-0.2, -0.15) is 0 Å². The minimum absolute atomic E-state index is 0.169. The fourth-order valence-corrected chi connectivity index (χ4v) is 3.85. The van der Waals surface area contributed by atoms with Crippen LogP contribution in [0, 0.1) is 0 Å². The number of carbonyl (C=O) groups excluding carboxylic acids is 1. The van der Waals surface area contributed by atoms with E-state index in [2.05, 4.69) is 25.5 Å². The summed E-state index contributed by atoms with van der Waals surface area (Å²) in [5.74, 6) is -0.214. The van der Waals surface area contributed by atoms with Crippen LogP contribution in [0.25, 0.3) is 10.9 Å². The quantitative estimate of drug-likeness (QED) is 0.450. The Kier molecular flexibility index (Phi) is 6.55. The van der Waals surface area contributed by atoms with Crippen LogP contribution < -0.4 is 15.5 Å². The van der Waals surface area contributed by atoms with Gasteiger partial charge < -0.3 is 30.4 Å². The molecule has 2 amide bonds. The van der Waals surface area contributed by atoms with Gasteiger partial charge in [0.25, 0.3) is 0 Å². The van der Waals surface area contributed by atoms with Crippen molar-refractivity contribution in [2.45, 2.75) is 32.0 Å². The molecule has 1 unspecified atom stereocenters. The second kappa shape index (κ2) is 9.69. The van der Waals surface area contributed by atoms with Gasteiger partial charge in [-0.15, -0.1) is 0 Å². The van der Waals surface area contributed by atoms with E-state index < -0.39 is 18.0 Å². The topological polar surface area (TPSA) is 120 Å². The minimum Gasteiger partial charge on any atom is -0.480 e. The zero-order valence-corrected chi connectivity index (χ0v) is 17.9. The molecule has 3 aromatic rings. The molecule has 0 bridgehead atoms. The Morgan fingerprint density at radius 3 is 2.91 bits per heavy atom. The Labute approximate surface area is 185 Å². The number of carboxylic acids is 1. The van der Waals surface area contributed by atoms with Crippen molar-refractivity contribution in [1.82, 2.24) is 20.6 Å². The number of amides is 2. The van der Waals surface area contributed by atoms with Crippen LogP contribution in [0.2, 0.25) is 0 Å². The van der Waals surface area contributed by atoms with E-state index in [0.29, 0.717) is 6.61 Å². The van der Waals surface area contributed by atoms with Crippen LogP contribution in [0.1, 0.15) is 18.1 Å². The van der Waals surface area contributed by atoms with Gasteiger partial charge in [0, 0.05) is 49.4 Å². The molecule has 32 heavy (non-hydrogen) atoms. The van der Waals surface area contributed by atoms with Crippen LogP contribution in [0.3, 0.4) is 0 Å². The van der Waals surface area contributed by atoms with E-state index in [4.69, 9.17) is 4.74 Å². The van der Waals surface area contributed by atoms with E-state index in [1.165, 1.54) is 0 Å². The summed E-state index contributed by atoms with van der Waals surface area (Å²) in [7, 11) is 0. The van der Waals surface area contributed by atoms with Crippen molar-refractivity contribution in [3.05, 3.63) is 59.9 Å². The lowest BCUT2D eigenvalue weighted by Gasteiger charge is -2.32. The van der Waals surface area contributed by atoms with Gasteiger partial charge in [0.05, 0.1) is 12.7 Å². The fraction of sp³-hybridized carbons (Fsp3) is 0.348. The number of hydrogen-bond donors (Lipinski definition) is 4. The van der Waals surface area contributed by atoms with E-state index in [9.17, 15) is 14.7 Å². The number of para-hydroxylation sites is 1. The van der Waals surface area contributed by atoms with Gasteiger partial charge in [-0.1, -0.05) is 24.3 Å². The smallest absolute Gasteiger partial charge is 0.326 e. The van der Waals surface area contributed by atoms with Crippen LogP contribution in [0.5, 0.6) is 0 Å². The molecule has 1 fully saturated rings. The maximum atomic E-state index is 12.3. The molecule has 9 heteroatoms. The highest BCUT2D eigenvalue weighted by molar-refractivity contribution is 5.86. The molecule has 9 nitrogen and oxygen atoms in total. The SMILES string of the molecule is CC1CN(c2ccc(CNC(=O)N[C@@H](Cc3c[nH]c4ccccc34)C(=O)O)cn2)CCO1. The van der Waals surface area contributed by atoms with Gasteiger partial charge in [-0.05, 0) is 30.2 Å². The molecule has 4 rings (SSSR count). The highest BCUT2D eigenvalue weighted by Crippen LogP contribution is 2.19. The average Bonchev–Trinajstić information content (AvgIpc) is 3.20. The van der Waals surface area contributed by atoms with E-state index in [-0.39, 0.29) is 19.1 Å². The highest BCUT2D eigenvalue weighted by Gasteiger charge is 2.22. The number of urea groups is 1. The molecule has 4 N–H and O–H groups in total. The van der Waals surface area contributed by atoms with E-state index in [0.717, 1.165) is 40.9 Å². The van der Waals surface area contributed by atoms with Gasteiger partial charge in [-0.3, -0.25) is 0 Å². The number of fused-ring (bicyclic) bond motifs is 1. The number of H-pyrrole nitrogens is 1. The number of morpholine rings is 1. The summed E-state index contributed by atoms with van der Waals surface area (Å²) in [5, 5.41) is 15.8. The van der Waals surface area contributed by atoms with Crippen LogP contribution in [0.4, 0.5) is 10.6 Å². The summed E-state index contributed by atoms with van der Waals surface area (Å²) in [6.45, 7) is 4.55. The van der Waals surface area contributed by atoms with Crippen molar-refractivity contribution in [2.24, 2.45) is 0 Å². The first-order chi connectivity index (χ1) is 15.5. The third-order valence-corrected chi connectivity index (χ3v) is 5.53. The first-order valence-electron chi connectivity index (χ1n) is 10.6. The number of benzene rings is 1.